The molecule has 1 N–H and O–H groups in total. The van der Waals surface area contributed by atoms with E-state index >= 15 is 0 Å². The van der Waals surface area contributed by atoms with Crippen molar-refractivity contribution in [1.29, 1.82) is 0 Å². The Morgan fingerprint density at radius 3 is 2.57 bits per heavy atom. The van der Waals surface area contributed by atoms with Gasteiger partial charge in [0.15, 0.2) is 11.5 Å². The van der Waals surface area contributed by atoms with Gasteiger partial charge in [-0.1, -0.05) is 41.4 Å². The molecule has 0 aliphatic carbocycles. The van der Waals surface area contributed by atoms with Gasteiger partial charge in [-0.2, -0.15) is 5.10 Å². The van der Waals surface area contributed by atoms with Crippen molar-refractivity contribution in [3.63, 3.8) is 0 Å². The highest BCUT2D eigenvalue weighted by molar-refractivity contribution is 9.10. The maximum absolute atomic E-state index is 12.1. The fourth-order valence-electron chi connectivity index (χ4n) is 2.55. The largest absolute Gasteiger partial charge is 0.493 e. The van der Waals surface area contributed by atoms with E-state index in [2.05, 4.69) is 26.5 Å². The highest BCUT2D eigenvalue weighted by atomic mass is 79.9. The quantitative estimate of drug-likeness (QED) is 0.310. The lowest BCUT2D eigenvalue weighted by Gasteiger charge is -2.13. The van der Waals surface area contributed by atoms with Crippen molar-refractivity contribution in [2.45, 2.75) is 6.61 Å². The molecule has 0 radical (unpaired) electrons. The summed E-state index contributed by atoms with van der Waals surface area (Å²) in [5.41, 5.74) is 4.58. The van der Waals surface area contributed by atoms with Gasteiger partial charge < -0.3 is 9.47 Å². The lowest BCUT2D eigenvalue weighted by Crippen LogP contribution is -2.17. The predicted octanol–water partition coefficient (Wildman–Crippen LogP) is 6.11. The number of amides is 1. The maximum Gasteiger partial charge on any atom is 0.271 e. The zero-order chi connectivity index (χ0) is 21.5. The summed E-state index contributed by atoms with van der Waals surface area (Å²) in [4.78, 5) is 12.1. The first-order valence-electron chi connectivity index (χ1n) is 8.80. The standard InChI is InChI=1S/C22H17BrCl2N2O3/c1-29-20-10-15(12-26-27-22(28)16-3-2-4-18(25)11-16)9-19(23)21(20)30-13-14-5-7-17(24)8-6-14/h2-12H,13H2,1H3,(H,27,28)/b26-12+. The molecule has 8 heteroatoms. The molecule has 30 heavy (non-hydrogen) atoms. The van der Waals surface area contributed by atoms with E-state index in [4.69, 9.17) is 32.7 Å². The number of hydrazone groups is 1. The minimum absolute atomic E-state index is 0.356. The van der Waals surface area contributed by atoms with E-state index in [1.54, 1.807) is 37.4 Å². The molecule has 0 saturated carbocycles. The van der Waals surface area contributed by atoms with Crippen LogP contribution in [-0.4, -0.2) is 19.2 Å². The summed E-state index contributed by atoms with van der Waals surface area (Å²) in [5, 5.41) is 5.15. The van der Waals surface area contributed by atoms with Gasteiger partial charge in [0, 0.05) is 15.6 Å². The molecule has 0 unspecified atom stereocenters. The lowest BCUT2D eigenvalue weighted by molar-refractivity contribution is 0.0955. The Morgan fingerprint density at radius 2 is 1.87 bits per heavy atom. The van der Waals surface area contributed by atoms with Gasteiger partial charge in [-0.15, -0.1) is 0 Å². The number of nitrogens with one attached hydrogen (secondary N) is 1. The molecule has 0 saturated heterocycles. The molecule has 0 fully saturated rings. The van der Waals surface area contributed by atoms with Crippen LogP contribution >= 0.6 is 39.1 Å². The second kappa shape index (κ2) is 10.5. The van der Waals surface area contributed by atoms with Gasteiger partial charge in [0.2, 0.25) is 0 Å². The molecule has 3 rings (SSSR count). The Bertz CT molecular complexity index is 1070. The smallest absolute Gasteiger partial charge is 0.271 e. The number of methoxy groups -OCH3 is 1. The number of carbonyl (C=O) groups is 1. The molecule has 0 aromatic heterocycles. The van der Waals surface area contributed by atoms with Gasteiger partial charge in [0.25, 0.3) is 5.91 Å². The van der Waals surface area contributed by atoms with Crippen LogP contribution in [0.15, 0.2) is 70.2 Å². The van der Waals surface area contributed by atoms with Crippen molar-refractivity contribution in [2.75, 3.05) is 7.11 Å². The van der Waals surface area contributed by atoms with Crippen LogP contribution < -0.4 is 14.9 Å². The summed E-state index contributed by atoms with van der Waals surface area (Å²) in [6.45, 7) is 0.356. The Kier molecular flexibility index (Phi) is 7.74. The number of hydrogen-bond donors (Lipinski definition) is 1. The molecule has 0 atom stereocenters. The van der Waals surface area contributed by atoms with Crippen molar-refractivity contribution in [3.05, 3.63) is 91.9 Å². The van der Waals surface area contributed by atoms with Gasteiger partial charge in [-0.25, -0.2) is 5.43 Å². The summed E-state index contributed by atoms with van der Waals surface area (Å²) in [6, 6.07) is 17.6. The molecular weight excluding hydrogens is 491 g/mol. The van der Waals surface area contributed by atoms with Crippen LogP contribution in [0.3, 0.4) is 0 Å². The Morgan fingerprint density at radius 1 is 1.10 bits per heavy atom. The molecular formula is C22H17BrCl2N2O3. The first-order chi connectivity index (χ1) is 14.5. The van der Waals surface area contributed by atoms with Gasteiger partial charge in [0.1, 0.15) is 6.61 Å². The number of carbonyl (C=O) groups excluding carboxylic acids is 1. The van der Waals surface area contributed by atoms with Gasteiger partial charge in [0.05, 0.1) is 17.8 Å². The zero-order valence-corrected chi connectivity index (χ0v) is 19.0. The molecule has 0 heterocycles. The third kappa shape index (κ3) is 5.98. The minimum Gasteiger partial charge on any atom is -0.493 e. The van der Waals surface area contributed by atoms with E-state index in [1.807, 2.05) is 30.3 Å². The van der Waals surface area contributed by atoms with Crippen LogP contribution in [0, 0.1) is 0 Å². The van der Waals surface area contributed by atoms with Crippen LogP contribution in [0.25, 0.3) is 0 Å². The van der Waals surface area contributed by atoms with E-state index in [0.29, 0.717) is 43.8 Å². The molecule has 0 aliphatic rings. The van der Waals surface area contributed by atoms with E-state index in [1.165, 1.54) is 6.21 Å². The molecule has 0 spiro atoms. The Labute approximate surface area is 192 Å². The van der Waals surface area contributed by atoms with Gasteiger partial charge in [-0.05, 0) is 69.5 Å². The molecule has 5 nitrogen and oxygen atoms in total. The first kappa shape index (κ1) is 22.2. The maximum atomic E-state index is 12.1. The van der Waals surface area contributed by atoms with Crippen molar-refractivity contribution in [1.82, 2.24) is 5.43 Å². The van der Waals surface area contributed by atoms with E-state index < -0.39 is 0 Å². The second-order valence-corrected chi connectivity index (χ2v) is 7.89. The topological polar surface area (TPSA) is 59.9 Å². The molecule has 3 aromatic rings. The average molecular weight is 508 g/mol. The first-order valence-corrected chi connectivity index (χ1v) is 10.3. The highest BCUT2D eigenvalue weighted by Crippen LogP contribution is 2.36. The third-order valence-corrected chi connectivity index (χ3v) is 5.09. The van der Waals surface area contributed by atoms with Crippen molar-refractivity contribution in [2.24, 2.45) is 5.10 Å². The SMILES string of the molecule is COc1cc(/C=N/NC(=O)c2cccc(Cl)c2)cc(Br)c1OCc1ccc(Cl)cc1. The van der Waals surface area contributed by atoms with E-state index in [-0.39, 0.29) is 5.91 Å². The number of hydrogen-bond acceptors (Lipinski definition) is 4. The summed E-state index contributed by atoms with van der Waals surface area (Å²) >= 11 is 15.3. The number of nitrogens with zero attached hydrogens (tertiary/aromatic N) is 1. The summed E-state index contributed by atoms with van der Waals surface area (Å²) in [6.07, 6.45) is 1.51. The van der Waals surface area contributed by atoms with Crippen LogP contribution in [0.2, 0.25) is 10.0 Å². The summed E-state index contributed by atoms with van der Waals surface area (Å²) in [7, 11) is 1.55. The summed E-state index contributed by atoms with van der Waals surface area (Å²) in [5.74, 6) is 0.733. The number of halogens is 3. The molecule has 154 valence electrons. The van der Waals surface area contributed by atoms with Crippen LogP contribution in [0.5, 0.6) is 11.5 Å². The highest BCUT2D eigenvalue weighted by Gasteiger charge is 2.12. The normalized spacial score (nSPS) is 10.8. The van der Waals surface area contributed by atoms with Gasteiger partial charge >= 0.3 is 0 Å². The van der Waals surface area contributed by atoms with Crippen molar-refractivity contribution >= 4 is 51.3 Å². The van der Waals surface area contributed by atoms with Gasteiger partial charge in [-0.3, -0.25) is 4.79 Å². The van der Waals surface area contributed by atoms with Crippen LogP contribution in [0.4, 0.5) is 0 Å². The van der Waals surface area contributed by atoms with Crippen molar-refractivity contribution < 1.29 is 14.3 Å². The fourth-order valence-corrected chi connectivity index (χ4v) is 3.44. The number of ether oxygens (including phenoxy) is 2. The predicted molar refractivity (Wildman–Crippen MR) is 123 cm³/mol. The number of benzene rings is 3. The van der Waals surface area contributed by atoms with Crippen molar-refractivity contribution in [3.8, 4) is 11.5 Å². The Balaban J connectivity index is 1.69. The molecule has 1 amide bonds. The van der Waals surface area contributed by atoms with E-state index in [0.717, 1.165) is 5.56 Å². The van der Waals surface area contributed by atoms with Crippen LogP contribution in [0.1, 0.15) is 21.5 Å². The molecule has 0 bridgehead atoms. The average Bonchev–Trinajstić information content (AvgIpc) is 2.73. The second-order valence-electron chi connectivity index (χ2n) is 6.16. The lowest BCUT2D eigenvalue weighted by atomic mass is 10.2. The minimum atomic E-state index is -0.359. The Hall–Kier alpha value is -2.54. The fraction of sp³-hybridized carbons (Fsp3) is 0.0909. The molecule has 3 aromatic carbocycles. The number of rotatable bonds is 7. The van der Waals surface area contributed by atoms with Crippen LogP contribution in [-0.2, 0) is 6.61 Å². The summed E-state index contributed by atoms with van der Waals surface area (Å²) < 4.78 is 12.0. The zero-order valence-electron chi connectivity index (χ0n) is 15.9. The van der Waals surface area contributed by atoms with E-state index in [9.17, 15) is 4.79 Å². The monoisotopic (exact) mass is 506 g/mol. The third-order valence-electron chi connectivity index (χ3n) is 4.01. The molecule has 0 aliphatic heterocycles.